The van der Waals surface area contributed by atoms with E-state index in [1.165, 1.54) is 12.8 Å². The predicted molar refractivity (Wildman–Crippen MR) is 78.2 cm³/mol. The van der Waals surface area contributed by atoms with E-state index in [4.69, 9.17) is 4.74 Å². The standard InChI is InChI=1S/C15H30N2O2/c1-4-10-17(12-13-8-7-9-16-11-13)14(5-2)15(18)19-6-3/h13-14,16H,4-12H2,1-3H3. The molecule has 1 aliphatic heterocycles. The van der Waals surface area contributed by atoms with Crippen molar-refractivity contribution in [3.8, 4) is 0 Å². The molecule has 0 aliphatic carbocycles. The average Bonchev–Trinajstić information content (AvgIpc) is 2.41. The van der Waals surface area contributed by atoms with Gasteiger partial charge in [0.15, 0.2) is 0 Å². The topological polar surface area (TPSA) is 41.6 Å². The van der Waals surface area contributed by atoms with Crippen molar-refractivity contribution in [2.45, 2.75) is 52.5 Å². The number of hydrogen-bond donors (Lipinski definition) is 1. The number of hydrogen-bond acceptors (Lipinski definition) is 4. The highest BCUT2D eigenvalue weighted by molar-refractivity contribution is 5.75. The summed E-state index contributed by atoms with van der Waals surface area (Å²) in [5, 5.41) is 3.45. The Morgan fingerprint density at radius 3 is 2.74 bits per heavy atom. The van der Waals surface area contributed by atoms with Crippen LogP contribution in [0.3, 0.4) is 0 Å². The van der Waals surface area contributed by atoms with Crippen molar-refractivity contribution in [2.24, 2.45) is 5.92 Å². The fourth-order valence-electron chi connectivity index (χ4n) is 2.89. The van der Waals surface area contributed by atoms with Crippen molar-refractivity contribution in [2.75, 3.05) is 32.8 Å². The highest BCUT2D eigenvalue weighted by Gasteiger charge is 2.27. The lowest BCUT2D eigenvalue weighted by molar-refractivity contribution is -0.150. The van der Waals surface area contributed by atoms with Gasteiger partial charge in [-0.25, -0.2) is 0 Å². The maximum atomic E-state index is 12.1. The zero-order chi connectivity index (χ0) is 14.1. The summed E-state index contributed by atoms with van der Waals surface area (Å²) < 4.78 is 5.22. The third kappa shape index (κ3) is 5.49. The minimum absolute atomic E-state index is 0.0535. The first-order valence-corrected chi connectivity index (χ1v) is 7.84. The van der Waals surface area contributed by atoms with E-state index >= 15 is 0 Å². The quantitative estimate of drug-likeness (QED) is 0.685. The van der Waals surface area contributed by atoms with Crippen LogP contribution in [0, 0.1) is 5.92 Å². The number of nitrogens with zero attached hydrogens (tertiary/aromatic N) is 1. The Morgan fingerprint density at radius 1 is 1.42 bits per heavy atom. The molecule has 0 radical (unpaired) electrons. The Hall–Kier alpha value is -0.610. The molecule has 4 heteroatoms. The maximum Gasteiger partial charge on any atom is 0.323 e. The van der Waals surface area contributed by atoms with Crippen LogP contribution in [0.2, 0.25) is 0 Å². The van der Waals surface area contributed by atoms with E-state index < -0.39 is 0 Å². The Labute approximate surface area is 117 Å². The van der Waals surface area contributed by atoms with Gasteiger partial charge in [0.25, 0.3) is 0 Å². The first-order valence-electron chi connectivity index (χ1n) is 7.84. The van der Waals surface area contributed by atoms with Crippen LogP contribution in [0.5, 0.6) is 0 Å². The molecule has 0 spiro atoms. The first kappa shape index (κ1) is 16.4. The Balaban J connectivity index is 2.58. The van der Waals surface area contributed by atoms with Crippen LogP contribution in [0.25, 0.3) is 0 Å². The van der Waals surface area contributed by atoms with Crippen LogP contribution in [0.4, 0.5) is 0 Å². The van der Waals surface area contributed by atoms with Crippen LogP contribution >= 0.6 is 0 Å². The molecule has 0 bridgehead atoms. The molecule has 2 atom stereocenters. The van der Waals surface area contributed by atoms with Gasteiger partial charge in [-0.05, 0) is 58.2 Å². The van der Waals surface area contributed by atoms with E-state index in [0.29, 0.717) is 12.5 Å². The van der Waals surface area contributed by atoms with Crippen LogP contribution in [0.1, 0.15) is 46.5 Å². The van der Waals surface area contributed by atoms with Crippen molar-refractivity contribution in [3.05, 3.63) is 0 Å². The molecule has 1 heterocycles. The number of rotatable bonds is 8. The Kier molecular flexibility index (Phi) is 8.07. The van der Waals surface area contributed by atoms with Crippen molar-refractivity contribution in [3.63, 3.8) is 0 Å². The number of carbonyl (C=O) groups excluding carboxylic acids is 1. The maximum absolute atomic E-state index is 12.1. The lowest BCUT2D eigenvalue weighted by atomic mass is 9.98. The van der Waals surface area contributed by atoms with Crippen molar-refractivity contribution in [1.82, 2.24) is 10.2 Å². The number of ether oxygens (including phenoxy) is 1. The summed E-state index contributed by atoms with van der Waals surface area (Å²) in [7, 11) is 0. The highest BCUT2D eigenvalue weighted by atomic mass is 16.5. The summed E-state index contributed by atoms with van der Waals surface area (Å²) in [6.07, 6.45) is 4.43. The van der Waals surface area contributed by atoms with E-state index in [0.717, 1.165) is 39.0 Å². The molecule has 0 aromatic carbocycles. The molecule has 1 saturated heterocycles. The van der Waals surface area contributed by atoms with Gasteiger partial charge in [-0.3, -0.25) is 9.69 Å². The predicted octanol–water partition coefficient (Wildman–Crippen LogP) is 2.04. The molecule has 1 fully saturated rings. The molecular weight excluding hydrogens is 240 g/mol. The molecule has 4 nitrogen and oxygen atoms in total. The number of nitrogens with one attached hydrogen (secondary N) is 1. The second kappa shape index (κ2) is 9.32. The summed E-state index contributed by atoms with van der Waals surface area (Å²) in [4.78, 5) is 14.4. The van der Waals surface area contributed by atoms with Crippen LogP contribution in [-0.4, -0.2) is 49.7 Å². The largest absolute Gasteiger partial charge is 0.465 e. The summed E-state index contributed by atoms with van der Waals surface area (Å²) in [5.41, 5.74) is 0. The molecule has 0 saturated carbocycles. The fraction of sp³-hybridized carbons (Fsp3) is 0.933. The molecular formula is C15H30N2O2. The molecule has 0 amide bonds. The third-order valence-electron chi connectivity index (χ3n) is 3.79. The van der Waals surface area contributed by atoms with Gasteiger partial charge in [0, 0.05) is 6.54 Å². The monoisotopic (exact) mass is 270 g/mol. The van der Waals surface area contributed by atoms with Crippen molar-refractivity contribution < 1.29 is 9.53 Å². The van der Waals surface area contributed by atoms with Gasteiger partial charge in [0.1, 0.15) is 6.04 Å². The lowest BCUT2D eigenvalue weighted by Crippen LogP contribution is -2.47. The van der Waals surface area contributed by atoms with Gasteiger partial charge in [-0.15, -0.1) is 0 Å². The van der Waals surface area contributed by atoms with Crippen LogP contribution in [-0.2, 0) is 9.53 Å². The summed E-state index contributed by atoms with van der Waals surface area (Å²) in [6.45, 7) is 10.8. The zero-order valence-corrected chi connectivity index (χ0v) is 12.8. The highest BCUT2D eigenvalue weighted by Crippen LogP contribution is 2.16. The first-order chi connectivity index (χ1) is 9.22. The van der Waals surface area contributed by atoms with Gasteiger partial charge in [-0.1, -0.05) is 13.8 Å². The molecule has 19 heavy (non-hydrogen) atoms. The fourth-order valence-corrected chi connectivity index (χ4v) is 2.89. The van der Waals surface area contributed by atoms with Crippen LogP contribution in [0.15, 0.2) is 0 Å². The van der Waals surface area contributed by atoms with E-state index in [1.54, 1.807) is 0 Å². The Bertz CT molecular complexity index is 253. The van der Waals surface area contributed by atoms with Gasteiger partial charge in [0.05, 0.1) is 6.61 Å². The second-order valence-electron chi connectivity index (χ2n) is 5.38. The van der Waals surface area contributed by atoms with Gasteiger partial charge < -0.3 is 10.1 Å². The summed E-state index contributed by atoms with van der Waals surface area (Å²) in [6, 6.07) is -0.0678. The number of esters is 1. The summed E-state index contributed by atoms with van der Waals surface area (Å²) >= 11 is 0. The van der Waals surface area contributed by atoms with Crippen molar-refractivity contribution >= 4 is 5.97 Å². The minimum Gasteiger partial charge on any atom is -0.465 e. The minimum atomic E-state index is -0.0678. The molecule has 1 aliphatic rings. The van der Waals surface area contributed by atoms with E-state index in [2.05, 4.69) is 24.1 Å². The molecule has 0 aromatic heterocycles. The molecule has 112 valence electrons. The molecule has 1 rings (SSSR count). The van der Waals surface area contributed by atoms with Gasteiger partial charge >= 0.3 is 5.97 Å². The smallest absolute Gasteiger partial charge is 0.323 e. The van der Waals surface area contributed by atoms with E-state index in [9.17, 15) is 4.79 Å². The summed E-state index contributed by atoms with van der Waals surface area (Å²) in [5.74, 6) is 0.617. The number of carbonyl (C=O) groups is 1. The SMILES string of the molecule is CCCN(CC1CCCNC1)C(CC)C(=O)OCC. The third-order valence-corrected chi connectivity index (χ3v) is 3.79. The van der Waals surface area contributed by atoms with Crippen LogP contribution < -0.4 is 5.32 Å². The van der Waals surface area contributed by atoms with Gasteiger partial charge in [-0.2, -0.15) is 0 Å². The zero-order valence-electron chi connectivity index (χ0n) is 12.8. The van der Waals surface area contributed by atoms with Crippen molar-refractivity contribution in [1.29, 1.82) is 0 Å². The molecule has 2 unspecified atom stereocenters. The van der Waals surface area contributed by atoms with E-state index in [-0.39, 0.29) is 12.0 Å². The normalized spacial score (nSPS) is 21.4. The molecule has 0 aromatic rings. The Morgan fingerprint density at radius 2 is 2.21 bits per heavy atom. The number of piperidine rings is 1. The average molecular weight is 270 g/mol. The molecule has 1 N–H and O–H groups in total. The van der Waals surface area contributed by atoms with Gasteiger partial charge in [0.2, 0.25) is 0 Å². The lowest BCUT2D eigenvalue weighted by Gasteiger charge is -2.34. The second-order valence-corrected chi connectivity index (χ2v) is 5.38. The van der Waals surface area contributed by atoms with E-state index in [1.807, 2.05) is 6.92 Å².